The number of fused-ring (bicyclic) bond motifs is 1. The number of H-pyrrole nitrogens is 1. The molecule has 90 valence electrons. The Hall–Kier alpha value is -2.86. The summed E-state index contributed by atoms with van der Waals surface area (Å²) in [5.74, 6) is 0.604. The number of para-hydroxylation sites is 2. The third-order valence-corrected chi connectivity index (χ3v) is 2.88. The van der Waals surface area contributed by atoms with Gasteiger partial charge in [0.1, 0.15) is 11.9 Å². The van der Waals surface area contributed by atoms with E-state index >= 15 is 0 Å². The molecular weight excluding hydrogens is 234 g/mol. The van der Waals surface area contributed by atoms with E-state index in [2.05, 4.69) is 16.0 Å². The van der Waals surface area contributed by atoms with E-state index in [9.17, 15) is 5.26 Å². The quantitative estimate of drug-likeness (QED) is 0.701. The van der Waals surface area contributed by atoms with Gasteiger partial charge in [-0.3, -0.25) is 0 Å². The molecule has 0 spiro atoms. The van der Waals surface area contributed by atoms with Gasteiger partial charge >= 0.3 is 0 Å². The average molecular weight is 245 g/mol. The van der Waals surface area contributed by atoms with Gasteiger partial charge in [0, 0.05) is 0 Å². The summed E-state index contributed by atoms with van der Waals surface area (Å²) >= 11 is 0. The second-order valence-electron chi connectivity index (χ2n) is 4.18. The van der Waals surface area contributed by atoms with Crippen LogP contribution in [0.3, 0.4) is 0 Å². The molecule has 19 heavy (non-hydrogen) atoms. The van der Waals surface area contributed by atoms with Crippen LogP contribution in [0.1, 0.15) is 11.4 Å². The van der Waals surface area contributed by atoms with Crippen LogP contribution in [0, 0.1) is 11.3 Å². The first-order valence-electron chi connectivity index (χ1n) is 5.99. The summed E-state index contributed by atoms with van der Waals surface area (Å²) in [6, 6.07) is 19.7. The molecule has 1 aromatic heterocycles. The summed E-state index contributed by atoms with van der Waals surface area (Å²) in [6.45, 7) is 0. The molecule has 3 nitrogen and oxygen atoms in total. The predicted molar refractivity (Wildman–Crippen MR) is 76.0 cm³/mol. The highest BCUT2D eigenvalue weighted by Gasteiger charge is 2.07. The lowest BCUT2D eigenvalue weighted by molar-refractivity contribution is 1.27. The van der Waals surface area contributed by atoms with E-state index in [0.29, 0.717) is 11.4 Å². The first kappa shape index (κ1) is 11.2. The van der Waals surface area contributed by atoms with Crippen molar-refractivity contribution in [3.8, 4) is 6.07 Å². The number of allylic oxidation sites excluding steroid dienone is 1. The van der Waals surface area contributed by atoms with Gasteiger partial charge in [0.05, 0.1) is 16.6 Å². The SMILES string of the molecule is N#C/C(=C\c1ccccc1)c1nc2ccccc2[nH]1. The average Bonchev–Trinajstić information content (AvgIpc) is 2.89. The minimum absolute atomic E-state index is 0.530. The topological polar surface area (TPSA) is 52.5 Å². The van der Waals surface area contributed by atoms with E-state index in [0.717, 1.165) is 16.6 Å². The van der Waals surface area contributed by atoms with Gasteiger partial charge in [-0.25, -0.2) is 4.98 Å². The van der Waals surface area contributed by atoms with Crippen LogP contribution in [0.5, 0.6) is 0 Å². The summed E-state index contributed by atoms with van der Waals surface area (Å²) in [5, 5.41) is 9.29. The summed E-state index contributed by atoms with van der Waals surface area (Å²) in [7, 11) is 0. The number of benzene rings is 2. The normalized spacial score (nSPS) is 11.4. The van der Waals surface area contributed by atoms with Gasteiger partial charge in [-0.1, -0.05) is 42.5 Å². The van der Waals surface area contributed by atoms with E-state index < -0.39 is 0 Å². The number of imidazole rings is 1. The van der Waals surface area contributed by atoms with Crippen LogP contribution in [0.25, 0.3) is 22.7 Å². The third-order valence-electron chi connectivity index (χ3n) is 2.88. The molecule has 2 aromatic carbocycles. The fraction of sp³-hybridized carbons (Fsp3) is 0. The van der Waals surface area contributed by atoms with Crippen molar-refractivity contribution in [1.82, 2.24) is 9.97 Å². The Morgan fingerprint density at radius 1 is 1.05 bits per heavy atom. The van der Waals surface area contributed by atoms with Crippen molar-refractivity contribution >= 4 is 22.7 Å². The highest BCUT2D eigenvalue weighted by Crippen LogP contribution is 2.18. The van der Waals surface area contributed by atoms with E-state index in [1.165, 1.54) is 0 Å². The zero-order chi connectivity index (χ0) is 13.1. The van der Waals surface area contributed by atoms with Crippen LogP contribution in [-0.4, -0.2) is 9.97 Å². The van der Waals surface area contributed by atoms with Crippen LogP contribution < -0.4 is 0 Å². The number of nitrogens with zero attached hydrogens (tertiary/aromatic N) is 2. The van der Waals surface area contributed by atoms with Gasteiger partial charge < -0.3 is 4.98 Å². The molecule has 3 aromatic rings. The van der Waals surface area contributed by atoms with Crippen LogP contribution >= 0.6 is 0 Å². The second-order valence-corrected chi connectivity index (χ2v) is 4.18. The summed E-state index contributed by atoms with van der Waals surface area (Å²) in [6.07, 6.45) is 1.83. The lowest BCUT2D eigenvalue weighted by Crippen LogP contribution is -1.84. The zero-order valence-corrected chi connectivity index (χ0v) is 10.2. The van der Waals surface area contributed by atoms with Crippen molar-refractivity contribution in [2.45, 2.75) is 0 Å². The molecule has 0 amide bonds. The molecule has 0 bridgehead atoms. The number of aromatic amines is 1. The van der Waals surface area contributed by atoms with Crippen LogP contribution in [0.4, 0.5) is 0 Å². The highest BCUT2D eigenvalue weighted by atomic mass is 14.9. The fourth-order valence-corrected chi connectivity index (χ4v) is 1.95. The molecule has 3 rings (SSSR count). The molecule has 0 saturated carbocycles. The Bertz CT molecular complexity index is 743. The van der Waals surface area contributed by atoms with Gasteiger partial charge in [-0.15, -0.1) is 0 Å². The number of rotatable bonds is 2. The molecule has 0 radical (unpaired) electrons. The Kier molecular flexibility index (Phi) is 2.83. The highest BCUT2D eigenvalue weighted by molar-refractivity contribution is 5.90. The fourth-order valence-electron chi connectivity index (χ4n) is 1.95. The lowest BCUT2D eigenvalue weighted by Gasteiger charge is -1.94. The number of hydrogen-bond acceptors (Lipinski definition) is 2. The van der Waals surface area contributed by atoms with Crippen LogP contribution in [-0.2, 0) is 0 Å². The standard InChI is InChI=1S/C16H11N3/c17-11-13(10-12-6-2-1-3-7-12)16-18-14-8-4-5-9-15(14)19-16/h1-10H,(H,18,19)/b13-10+. The van der Waals surface area contributed by atoms with E-state index in [1.54, 1.807) is 0 Å². The van der Waals surface area contributed by atoms with Crippen LogP contribution in [0.15, 0.2) is 54.6 Å². The Morgan fingerprint density at radius 3 is 2.53 bits per heavy atom. The van der Waals surface area contributed by atoms with Gasteiger partial charge in [0.2, 0.25) is 0 Å². The van der Waals surface area contributed by atoms with E-state index in [1.807, 2.05) is 60.7 Å². The molecule has 1 N–H and O–H groups in total. The monoisotopic (exact) mass is 245 g/mol. The van der Waals surface area contributed by atoms with E-state index in [4.69, 9.17) is 0 Å². The lowest BCUT2D eigenvalue weighted by atomic mass is 10.1. The predicted octanol–water partition coefficient (Wildman–Crippen LogP) is 3.63. The Labute approximate surface area is 110 Å². The number of aromatic nitrogens is 2. The summed E-state index contributed by atoms with van der Waals surface area (Å²) in [5.41, 5.74) is 3.32. The third kappa shape index (κ3) is 2.24. The zero-order valence-electron chi connectivity index (χ0n) is 10.2. The first-order chi connectivity index (χ1) is 9.36. The molecule has 0 aliphatic rings. The molecule has 0 aliphatic carbocycles. The molecule has 1 heterocycles. The first-order valence-corrected chi connectivity index (χ1v) is 5.99. The van der Waals surface area contributed by atoms with Crippen LogP contribution in [0.2, 0.25) is 0 Å². The number of nitrogens with one attached hydrogen (secondary N) is 1. The summed E-state index contributed by atoms with van der Waals surface area (Å²) < 4.78 is 0. The second kappa shape index (κ2) is 4.79. The maximum Gasteiger partial charge on any atom is 0.149 e. The van der Waals surface area contributed by atoms with Gasteiger partial charge in [0.15, 0.2) is 0 Å². The van der Waals surface area contributed by atoms with Crippen molar-refractivity contribution in [1.29, 1.82) is 5.26 Å². The van der Waals surface area contributed by atoms with Crippen molar-refractivity contribution in [2.75, 3.05) is 0 Å². The van der Waals surface area contributed by atoms with Crippen molar-refractivity contribution in [3.05, 3.63) is 66.0 Å². The minimum Gasteiger partial charge on any atom is -0.337 e. The minimum atomic E-state index is 0.530. The largest absolute Gasteiger partial charge is 0.337 e. The van der Waals surface area contributed by atoms with Crippen molar-refractivity contribution in [2.24, 2.45) is 0 Å². The molecule has 0 aliphatic heterocycles. The molecule has 3 heteroatoms. The summed E-state index contributed by atoms with van der Waals surface area (Å²) in [4.78, 5) is 7.60. The Balaban J connectivity index is 2.08. The molecule has 0 saturated heterocycles. The van der Waals surface area contributed by atoms with Crippen molar-refractivity contribution in [3.63, 3.8) is 0 Å². The number of hydrogen-bond donors (Lipinski definition) is 1. The van der Waals surface area contributed by atoms with Gasteiger partial charge in [0.25, 0.3) is 0 Å². The van der Waals surface area contributed by atoms with Gasteiger partial charge in [-0.2, -0.15) is 5.26 Å². The maximum absolute atomic E-state index is 9.29. The smallest absolute Gasteiger partial charge is 0.149 e. The maximum atomic E-state index is 9.29. The van der Waals surface area contributed by atoms with Gasteiger partial charge in [-0.05, 0) is 23.8 Å². The molecular formula is C16H11N3. The molecule has 0 fully saturated rings. The Morgan fingerprint density at radius 2 is 1.79 bits per heavy atom. The molecule has 0 atom stereocenters. The number of nitriles is 1. The van der Waals surface area contributed by atoms with Crippen molar-refractivity contribution < 1.29 is 0 Å². The molecule has 0 unspecified atom stereocenters. The van der Waals surface area contributed by atoms with E-state index in [-0.39, 0.29) is 0 Å².